The Morgan fingerprint density at radius 1 is 1.16 bits per heavy atom. The summed E-state index contributed by atoms with van der Waals surface area (Å²) in [5, 5.41) is 15.4. The molecule has 0 aliphatic rings. The molecule has 156 valence electrons. The SMILES string of the molecule is COc1ccc(/C=N/NC(=O)c2cn(Cc3ccc(Cl)cc3)c3ccccc23)cc1O. The number of phenolic OH excluding ortho intramolecular Hbond substituents is 1. The number of fused-ring (bicyclic) bond motifs is 1. The smallest absolute Gasteiger partial charge is 0.273 e. The maximum absolute atomic E-state index is 12.8. The first kappa shape index (κ1) is 20.5. The molecule has 31 heavy (non-hydrogen) atoms. The summed E-state index contributed by atoms with van der Waals surface area (Å²) in [5.41, 5.74) is 5.74. The number of rotatable bonds is 6. The van der Waals surface area contributed by atoms with Gasteiger partial charge in [0.25, 0.3) is 5.91 Å². The molecule has 1 amide bonds. The number of phenols is 1. The first-order valence-corrected chi connectivity index (χ1v) is 9.95. The number of amides is 1. The zero-order valence-electron chi connectivity index (χ0n) is 16.7. The molecule has 4 aromatic rings. The van der Waals surface area contributed by atoms with Crippen LogP contribution < -0.4 is 10.2 Å². The van der Waals surface area contributed by atoms with Crippen LogP contribution in [0.1, 0.15) is 21.5 Å². The van der Waals surface area contributed by atoms with E-state index in [-0.39, 0.29) is 11.7 Å². The number of nitrogens with one attached hydrogen (secondary N) is 1. The Hall–Kier alpha value is -3.77. The van der Waals surface area contributed by atoms with Crippen LogP contribution in [-0.4, -0.2) is 28.9 Å². The summed E-state index contributed by atoms with van der Waals surface area (Å²) in [7, 11) is 1.48. The summed E-state index contributed by atoms with van der Waals surface area (Å²) in [6.45, 7) is 0.610. The molecule has 0 spiro atoms. The Kier molecular flexibility index (Phi) is 5.91. The first-order chi connectivity index (χ1) is 15.0. The van der Waals surface area contributed by atoms with Crippen LogP contribution in [0.3, 0.4) is 0 Å². The molecule has 0 fully saturated rings. The first-order valence-electron chi connectivity index (χ1n) is 9.58. The summed E-state index contributed by atoms with van der Waals surface area (Å²) in [6.07, 6.45) is 3.29. The summed E-state index contributed by atoms with van der Waals surface area (Å²) >= 11 is 5.98. The Morgan fingerprint density at radius 2 is 1.94 bits per heavy atom. The third-order valence-electron chi connectivity index (χ3n) is 4.88. The fraction of sp³-hybridized carbons (Fsp3) is 0.0833. The number of methoxy groups -OCH3 is 1. The average Bonchev–Trinajstić information content (AvgIpc) is 3.14. The van der Waals surface area contributed by atoms with E-state index in [1.165, 1.54) is 19.4 Å². The lowest BCUT2D eigenvalue weighted by atomic mass is 10.1. The van der Waals surface area contributed by atoms with E-state index in [0.29, 0.717) is 28.4 Å². The number of aromatic hydroxyl groups is 1. The van der Waals surface area contributed by atoms with E-state index in [1.54, 1.807) is 12.1 Å². The van der Waals surface area contributed by atoms with Crippen molar-refractivity contribution in [1.82, 2.24) is 9.99 Å². The minimum absolute atomic E-state index is 0.00282. The van der Waals surface area contributed by atoms with E-state index >= 15 is 0 Å². The summed E-state index contributed by atoms with van der Waals surface area (Å²) < 4.78 is 7.05. The number of carbonyl (C=O) groups excluding carboxylic acids is 1. The Balaban J connectivity index is 1.55. The summed E-state index contributed by atoms with van der Waals surface area (Å²) in [5.74, 6) is 0.0535. The fourth-order valence-corrected chi connectivity index (χ4v) is 3.48. The highest BCUT2D eigenvalue weighted by Crippen LogP contribution is 2.26. The number of carbonyl (C=O) groups is 1. The van der Waals surface area contributed by atoms with Gasteiger partial charge in [0.2, 0.25) is 0 Å². The predicted molar refractivity (Wildman–Crippen MR) is 122 cm³/mol. The fourth-order valence-electron chi connectivity index (χ4n) is 3.36. The average molecular weight is 434 g/mol. The van der Waals surface area contributed by atoms with Gasteiger partial charge in [-0.2, -0.15) is 5.10 Å². The van der Waals surface area contributed by atoms with Gasteiger partial charge < -0.3 is 14.4 Å². The van der Waals surface area contributed by atoms with Crippen LogP contribution in [0.2, 0.25) is 5.02 Å². The monoisotopic (exact) mass is 433 g/mol. The van der Waals surface area contributed by atoms with Gasteiger partial charge >= 0.3 is 0 Å². The number of hydrogen-bond acceptors (Lipinski definition) is 4. The van der Waals surface area contributed by atoms with Gasteiger partial charge in [-0.1, -0.05) is 41.9 Å². The summed E-state index contributed by atoms with van der Waals surface area (Å²) in [6, 6.07) is 20.2. The van der Waals surface area contributed by atoms with Crippen molar-refractivity contribution in [2.45, 2.75) is 6.54 Å². The number of halogens is 1. The second-order valence-corrected chi connectivity index (χ2v) is 7.38. The van der Waals surface area contributed by atoms with E-state index in [1.807, 2.05) is 59.3 Å². The molecule has 0 saturated heterocycles. The molecular formula is C24H20ClN3O3. The number of hydrazone groups is 1. The van der Waals surface area contributed by atoms with E-state index in [0.717, 1.165) is 16.5 Å². The highest BCUT2D eigenvalue weighted by molar-refractivity contribution is 6.30. The highest BCUT2D eigenvalue weighted by atomic mass is 35.5. The van der Waals surface area contributed by atoms with Crippen LogP contribution >= 0.6 is 11.6 Å². The lowest BCUT2D eigenvalue weighted by molar-refractivity contribution is 0.0956. The van der Waals surface area contributed by atoms with E-state index in [9.17, 15) is 9.90 Å². The van der Waals surface area contributed by atoms with Crippen molar-refractivity contribution >= 4 is 34.6 Å². The van der Waals surface area contributed by atoms with Crippen LogP contribution in [0.25, 0.3) is 10.9 Å². The Bertz CT molecular complexity index is 1260. The second kappa shape index (κ2) is 8.93. The van der Waals surface area contributed by atoms with Gasteiger partial charge in [0, 0.05) is 28.7 Å². The standard InChI is InChI=1S/C24H20ClN3O3/c1-31-23-11-8-17(12-22(23)29)13-26-27-24(30)20-15-28(21-5-3-2-4-19(20)21)14-16-6-9-18(25)10-7-16/h2-13,15,29H,14H2,1H3,(H,27,30)/b26-13+. The number of aromatic nitrogens is 1. The van der Waals surface area contributed by atoms with E-state index in [2.05, 4.69) is 10.5 Å². The predicted octanol–water partition coefficient (Wildman–Crippen LogP) is 4.82. The molecule has 2 N–H and O–H groups in total. The molecule has 0 radical (unpaired) electrons. The molecule has 6 nitrogen and oxygen atoms in total. The molecule has 0 unspecified atom stereocenters. The maximum atomic E-state index is 12.8. The lowest BCUT2D eigenvalue weighted by Gasteiger charge is -2.05. The van der Waals surface area contributed by atoms with Gasteiger partial charge in [0.05, 0.1) is 18.9 Å². The van der Waals surface area contributed by atoms with Crippen LogP contribution in [0.5, 0.6) is 11.5 Å². The highest BCUT2D eigenvalue weighted by Gasteiger charge is 2.14. The molecule has 0 saturated carbocycles. The van der Waals surface area contributed by atoms with Gasteiger partial charge in [-0.15, -0.1) is 0 Å². The van der Waals surface area contributed by atoms with Gasteiger partial charge in [-0.05, 0) is 47.5 Å². The van der Waals surface area contributed by atoms with Gasteiger partial charge in [-0.25, -0.2) is 5.43 Å². The number of nitrogens with zero attached hydrogens (tertiary/aromatic N) is 2. The Morgan fingerprint density at radius 3 is 2.68 bits per heavy atom. The Labute approximate surface area is 184 Å². The third-order valence-corrected chi connectivity index (χ3v) is 5.13. The molecule has 4 rings (SSSR count). The number of benzene rings is 3. The number of ether oxygens (including phenoxy) is 1. The van der Waals surface area contributed by atoms with Crippen molar-refractivity contribution in [3.8, 4) is 11.5 Å². The molecule has 0 bridgehead atoms. The summed E-state index contributed by atoms with van der Waals surface area (Å²) in [4.78, 5) is 12.8. The second-order valence-electron chi connectivity index (χ2n) is 6.94. The van der Waals surface area contributed by atoms with Crippen molar-refractivity contribution in [2.75, 3.05) is 7.11 Å². The maximum Gasteiger partial charge on any atom is 0.273 e. The zero-order chi connectivity index (χ0) is 21.8. The molecule has 1 aromatic heterocycles. The molecular weight excluding hydrogens is 414 g/mol. The minimum atomic E-state index is -0.319. The van der Waals surface area contributed by atoms with E-state index < -0.39 is 0 Å². The van der Waals surface area contributed by atoms with E-state index in [4.69, 9.17) is 16.3 Å². The molecule has 0 aliphatic heterocycles. The van der Waals surface area contributed by atoms with Crippen molar-refractivity contribution in [3.05, 3.63) is 94.6 Å². The molecule has 3 aromatic carbocycles. The third kappa shape index (κ3) is 4.54. The number of para-hydroxylation sites is 1. The largest absolute Gasteiger partial charge is 0.504 e. The van der Waals surface area contributed by atoms with Crippen LogP contribution in [0.4, 0.5) is 0 Å². The van der Waals surface area contributed by atoms with Gasteiger partial charge in [0.15, 0.2) is 11.5 Å². The van der Waals surface area contributed by atoms with Crippen LogP contribution in [-0.2, 0) is 6.54 Å². The van der Waals surface area contributed by atoms with Crippen molar-refractivity contribution in [2.24, 2.45) is 5.10 Å². The topological polar surface area (TPSA) is 75.8 Å². The van der Waals surface area contributed by atoms with Crippen molar-refractivity contribution in [3.63, 3.8) is 0 Å². The van der Waals surface area contributed by atoms with Crippen molar-refractivity contribution < 1.29 is 14.6 Å². The van der Waals surface area contributed by atoms with Crippen LogP contribution in [0, 0.1) is 0 Å². The molecule has 1 heterocycles. The normalized spacial score (nSPS) is 11.2. The zero-order valence-corrected chi connectivity index (χ0v) is 17.5. The quantitative estimate of drug-likeness (QED) is 0.338. The minimum Gasteiger partial charge on any atom is -0.504 e. The van der Waals surface area contributed by atoms with Crippen molar-refractivity contribution in [1.29, 1.82) is 0 Å². The molecule has 0 atom stereocenters. The molecule has 7 heteroatoms. The van der Waals surface area contributed by atoms with Crippen LogP contribution in [0.15, 0.2) is 78.0 Å². The number of hydrogen-bond donors (Lipinski definition) is 2. The lowest BCUT2D eigenvalue weighted by Crippen LogP contribution is -2.17. The molecule has 0 aliphatic carbocycles. The van der Waals surface area contributed by atoms with Gasteiger partial charge in [-0.3, -0.25) is 4.79 Å². The van der Waals surface area contributed by atoms with Gasteiger partial charge in [0.1, 0.15) is 0 Å².